The van der Waals surface area contributed by atoms with Crippen molar-refractivity contribution in [3.8, 4) is 5.75 Å². The van der Waals surface area contributed by atoms with Gasteiger partial charge in [0.05, 0.1) is 39.1 Å². The summed E-state index contributed by atoms with van der Waals surface area (Å²) in [5.41, 5.74) is 0.725. The molecular formula is C33H58N4O8. The molecule has 0 aliphatic carbocycles. The van der Waals surface area contributed by atoms with Crippen LogP contribution in [0.4, 0.5) is 0 Å². The maximum absolute atomic E-state index is 12.8. The van der Waals surface area contributed by atoms with Gasteiger partial charge in [-0.1, -0.05) is 12.1 Å². The Bertz CT molecular complexity index is 944. The molecule has 0 unspecified atom stereocenters. The maximum atomic E-state index is 12.8. The van der Waals surface area contributed by atoms with Crippen molar-refractivity contribution in [3.63, 3.8) is 0 Å². The molecular weight excluding hydrogens is 580 g/mol. The number of carbonyl (C=O) groups is 2. The third-order valence-electron chi connectivity index (χ3n) is 7.56. The van der Waals surface area contributed by atoms with E-state index >= 15 is 0 Å². The number of esters is 1. The van der Waals surface area contributed by atoms with Crippen LogP contribution in [-0.2, 0) is 35.0 Å². The molecule has 12 heteroatoms. The smallest absolute Gasteiger partial charge is 0.325 e. The average Bonchev–Trinajstić information content (AvgIpc) is 3.00. The summed E-state index contributed by atoms with van der Waals surface area (Å²) in [4.78, 5) is 29.5. The van der Waals surface area contributed by atoms with Crippen molar-refractivity contribution in [2.75, 3.05) is 99.1 Å². The zero-order valence-corrected chi connectivity index (χ0v) is 28.2. The van der Waals surface area contributed by atoms with E-state index in [0.29, 0.717) is 78.7 Å². The summed E-state index contributed by atoms with van der Waals surface area (Å²) in [6.45, 7) is 16.0. The molecule has 0 radical (unpaired) electrons. The molecule has 1 aliphatic heterocycles. The van der Waals surface area contributed by atoms with E-state index in [9.17, 15) is 14.7 Å². The minimum Gasteiger partial charge on any atom is -0.491 e. The monoisotopic (exact) mass is 638 g/mol. The minimum absolute atomic E-state index is 0.201. The molecule has 0 bridgehead atoms. The fraction of sp³-hybridized carbons (Fsp3) is 0.758. The Morgan fingerprint density at radius 3 is 2.04 bits per heavy atom. The van der Waals surface area contributed by atoms with Crippen LogP contribution in [0.5, 0.6) is 5.75 Å². The number of rotatable bonds is 18. The van der Waals surface area contributed by atoms with Crippen molar-refractivity contribution in [2.45, 2.75) is 64.6 Å². The number of aliphatic carboxylic acids is 1. The zero-order chi connectivity index (χ0) is 32.9. The van der Waals surface area contributed by atoms with Gasteiger partial charge in [-0.2, -0.15) is 0 Å². The molecule has 1 fully saturated rings. The molecule has 45 heavy (non-hydrogen) atoms. The van der Waals surface area contributed by atoms with E-state index in [1.807, 2.05) is 56.9 Å². The molecule has 2 atom stereocenters. The number of carbonyl (C=O) groups excluding carboxylic acids is 1. The number of benzene rings is 1. The van der Waals surface area contributed by atoms with Crippen LogP contribution in [-0.4, -0.2) is 144 Å². The summed E-state index contributed by atoms with van der Waals surface area (Å²) in [6, 6.07) is 6.72. The van der Waals surface area contributed by atoms with Crippen LogP contribution >= 0.6 is 0 Å². The predicted molar refractivity (Wildman–Crippen MR) is 174 cm³/mol. The first-order valence-electron chi connectivity index (χ1n) is 16.4. The van der Waals surface area contributed by atoms with Crippen molar-refractivity contribution >= 4 is 11.9 Å². The number of ether oxygens (including phenoxy) is 5. The quantitative estimate of drug-likeness (QED) is 0.161. The maximum Gasteiger partial charge on any atom is 0.325 e. The molecule has 1 aromatic rings. The van der Waals surface area contributed by atoms with Gasteiger partial charge in [0.15, 0.2) is 0 Å². The van der Waals surface area contributed by atoms with Crippen LogP contribution in [0.1, 0.15) is 46.1 Å². The van der Waals surface area contributed by atoms with Gasteiger partial charge in [-0.05, 0) is 64.7 Å². The summed E-state index contributed by atoms with van der Waals surface area (Å²) in [6.07, 6.45) is 2.01. The van der Waals surface area contributed by atoms with Crippen LogP contribution < -0.4 is 15.4 Å². The molecule has 0 amide bonds. The molecule has 0 spiro atoms. The van der Waals surface area contributed by atoms with E-state index in [4.69, 9.17) is 23.7 Å². The normalized spacial score (nSPS) is 17.5. The van der Waals surface area contributed by atoms with Gasteiger partial charge in [0, 0.05) is 59.0 Å². The van der Waals surface area contributed by atoms with E-state index in [0.717, 1.165) is 37.2 Å². The summed E-state index contributed by atoms with van der Waals surface area (Å²) in [5.74, 6) is -0.403. The lowest BCUT2D eigenvalue weighted by Gasteiger charge is -2.35. The topological polar surface area (TPSA) is 131 Å². The van der Waals surface area contributed by atoms with Gasteiger partial charge in [-0.15, -0.1) is 0 Å². The lowest BCUT2D eigenvalue weighted by molar-refractivity contribution is -0.152. The van der Waals surface area contributed by atoms with E-state index in [1.54, 1.807) is 0 Å². The highest BCUT2D eigenvalue weighted by Gasteiger charge is 2.31. The van der Waals surface area contributed by atoms with E-state index in [1.165, 1.54) is 7.11 Å². The summed E-state index contributed by atoms with van der Waals surface area (Å²) < 4.78 is 27.6. The van der Waals surface area contributed by atoms with E-state index in [-0.39, 0.29) is 12.6 Å². The summed E-state index contributed by atoms with van der Waals surface area (Å²) in [7, 11) is 1.39. The second kappa shape index (κ2) is 22.2. The van der Waals surface area contributed by atoms with Gasteiger partial charge in [-0.3, -0.25) is 19.4 Å². The molecule has 12 nitrogen and oxygen atoms in total. The first-order chi connectivity index (χ1) is 21.6. The second-order valence-corrected chi connectivity index (χ2v) is 12.1. The number of hydrogen-bond donors (Lipinski definition) is 3. The third-order valence-corrected chi connectivity index (χ3v) is 7.56. The van der Waals surface area contributed by atoms with Crippen molar-refractivity contribution in [1.29, 1.82) is 0 Å². The number of nitrogens with one attached hydrogen (secondary N) is 2. The molecule has 1 saturated heterocycles. The first kappa shape index (κ1) is 38.9. The molecule has 0 aromatic heterocycles. The Kier molecular flexibility index (Phi) is 19.2. The third kappa shape index (κ3) is 16.7. The van der Waals surface area contributed by atoms with Crippen molar-refractivity contribution in [1.82, 2.24) is 20.4 Å². The largest absolute Gasteiger partial charge is 0.491 e. The lowest BCUT2D eigenvalue weighted by atomic mass is 10.0. The number of hydrogen-bond acceptors (Lipinski definition) is 11. The minimum atomic E-state index is -0.830. The van der Waals surface area contributed by atoms with Crippen LogP contribution in [0.2, 0.25) is 0 Å². The zero-order valence-electron chi connectivity index (χ0n) is 28.2. The summed E-state index contributed by atoms with van der Waals surface area (Å²) >= 11 is 0. The number of methoxy groups -OCH3 is 1. The fourth-order valence-electron chi connectivity index (χ4n) is 5.06. The van der Waals surface area contributed by atoms with Gasteiger partial charge < -0.3 is 39.4 Å². The molecule has 1 aromatic carbocycles. The average molecular weight is 639 g/mol. The second-order valence-electron chi connectivity index (χ2n) is 12.1. The molecule has 2 rings (SSSR count). The van der Waals surface area contributed by atoms with Gasteiger partial charge in [0.1, 0.15) is 24.4 Å². The molecule has 1 aliphatic rings. The Hall–Kier alpha value is -2.32. The van der Waals surface area contributed by atoms with Gasteiger partial charge >= 0.3 is 11.9 Å². The molecule has 258 valence electrons. The van der Waals surface area contributed by atoms with Gasteiger partial charge in [0.2, 0.25) is 0 Å². The first-order valence-corrected chi connectivity index (χ1v) is 16.4. The van der Waals surface area contributed by atoms with Crippen LogP contribution in [0.25, 0.3) is 0 Å². The predicted octanol–water partition coefficient (Wildman–Crippen LogP) is 2.05. The number of carboxylic acids is 1. The van der Waals surface area contributed by atoms with Crippen LogP contribution in [0, 0.1) is 0 Å². The Balaban J connectivity index is 1.98. The van der Waals surface area contributed by atoms with Crippen molar-refractivity contribution < 1.29 is 38.4 Å². The Morgan fingerprint density at radius 1 is 0.867 bits per heavy atom. The van der Waals surface area contributed by atoms with Crippen molar-refractivity contribution in [2.24, 2.45) is 0 Å². The molecule has 1 heterocycles. The van der Waals surface area contributed by atoms with Crippen LogP contribution in [0.3, 0.4) is 0 Å². The van der Waals surface area contributed by atoms with E-state index < -0.39 is 23.7 Å². The molecule has 3 N–H and O–H groups in total. The van der Waals surface area contributed by atoms with E-state index in [2.05, 4.69) is 15.5 Å². The van der Waals surface area contributed by atoms with Gasteiger partial charge in [-0.25, -0.2) is 0 Å². The Morgan fingerprint density at radius 2 is 1.47 bits per heavy atom. The number of carboxylic acid groups (broad SMARTS) is 1. The molecule has 0 saturated carbocycles. The highest BCUT2D eigenvalue weighted by molar-refractivity contribution is 5.76. The van der Waals surface area contributed by atoms with Gasteiger partial charge in [0.25, 0.3) is 0 Å². The fourth-order valence-corrected chi connectivity index (χ4v) is 5.06. The lowest BCUT2D eigenvalue weighted by Crippen LogP contribution is -2.54. The highest BCUT2D eigenvalue weighted by Crippen LogP contribution is 2.17. The summed E-state index contributed by atoms with van der Waals surface area (Å²) in [5, 5.41) is 17.1. The van der Waals surface area contributed by atoms with Crippen molar-refractivity contribution in [3.05, 3.63) is 29.8 Å². The SMILES string of the molecule is CCOCCOCCOc1ccc(CCC[C@@H](C(=O)O)N2CCNCCNCCN([C@H](COC(C)(C)C)C(=O)OC)CC2)cc1. The number of nitrogens with zero attached hydrogens (tertiary/aromatic N) is 2. The standard InChI is InChI=1S/C33H58N4O8/c1-6-42-22-23-43-24-25-44-28-12-10-27(11-13-28)8-7-9-29(31(38)39)36-18-16-34-14-15-35-17-19-37(21-20-36)30(32(40)41-5)26-45-33(2,3)4/h10-13,29-30,34-35H,6-9,14-26H2,1-5H3,(H,38,39)/t29-,30+/m0/s1. The van der Waals surface area contributed by atoms with Crippen LogP contribution in [0.15, 0.2) is 24.3 Å². The highest BCUT2D eigenvalue weighted by atomic mass is 16.5. The Labute approximate surface area is 270 Å². The number of aryl methyl sites for hydroxylation is 1.